The van der Waals surface area contributed by atoms with Crippen LogP contribution in [0, 0.1) is 5.41 Å². The van der Waals surface area contributed by atoms with Crippen molar-refractivity contribution in [3.05, 3.63) is 50.4 Å². The van der Waals surface area contributed by atoms with E-state index in [9.17, 15) is 0 Å². The number of benzene rings is 1. The first kappa shape index (κ1) is 29.3. The molecule has 3 rings (SSSR count). The second kappa shape index (κ2) is 13.0. The molecular weight excluding hydrogens is 550 g/mol. The number of hydrogen-bond donors (Lipinski definition) is 0. The number of rotatable bonds is 16. The summed E-state index contributed by atoms with van der Waals surface area (Å²) in [5.74, 6) is 0. The average molecular weight is 603 g/mol. The second-order valence-electron chi connectivity index (χ2n) is 11.8. The molecule has 0 spiro atoms. The fraction of sp³-hybridized carbons (Fsp3) is 0.688. The zero-order valence-electron chi connectivity index (χ0n) is 23.8. The summed E-state index contributed by atoms with van der Waals surface area (Å²) >= 11 is -2.86. The van der Waals surface area contributed by atoms with Gasteiger partial charge in [-0.3, -0.25) is 0 Å². The van der Waals surface area contributed by atoms with Crippen LogP contribution in [0.5, 0.6) is 0 Å². The molecule has 0 fully saturated rings. The van der Waals surface area contributed by atoms with E-state index in [-0.39, 0.29) is 5.41 Å². The Morgan fingerprint density at radius 2 is 1.34 bits per heavy atom. The topological polar surface area (TPSA) is 17.1 Å². The summed E-state index contributed by atoms with van der Waals surface area (Å²) in [5, 5.41) is 1.29. The molecule has 1 aromatic carbocycles. The van der Waals surface area contributed by atoms with E-state index < -0.39 is 25.5 Å². The van der Waals surface area contributed by atoms with Gasteiger partial charge in [0, 0.05) is 0 Å². The van der Waals surface area contributed by atoms with E-state index in [0.717, 1.165) is 6.16 Å². The maximum absolute atomic E-state index is 15.7. The zero-order chi connectivity index (χ0) is 25.5. The van der Waals surface area contributed by atoms with E-state index in [2.05, 4.69) is 71.9 Å². The molecule has 3 heteroatoms. The zero-order valence-corrected chi connectivity index (χ0v) is 27.6. The van der Waals surface area contributed by atoms with Gasteiger partial charge in [0.15, 0.2) is 0 Å². The van der Waals surface area contributed by atoms with E-state index in [0.29, 0.717) is 0 Å². The van der Waals surface area contributed by atoms with Gasteiger partial charge >= 0.3 is 223 Å². The minimum absolute atomic E-state index is 0.0368. The standard InChI is InChI=1S/C20H26OP.3C4H9.Sn/c1-4-5-6-10-13-18-14-22(21)15-20(18,3)16(2)19(22)17-11-8-7-9-12-17;3*1-3-4-2;/h7-9,11-12H,4-6,10,13,15H2,1-3H3;3*1,3-4H2,2H3;. The van der Waals surface area contributed by atoms with Crippen LogP contribution in [-0.4, -0.2) is 24.5 Å². The van der Waals surface area contributed by atoms with Gasteiger partial charge in [-0.2, -0.15) is 0 Å². The van der Waals surface area contributed by atoms with Crippen LogP contribution >= 0.6 is 7.14 Å². The number of allylic oxidation sites excluding steroid dienone is 2. The molecule has 2 heterocycles. The molecule has 0 saturated carbocycles. The molecule has 0 N–H and O–H groups in total. The molecule has 0 aromatic heterocycles. The molecule has 2 bridgehead atoms. The fourth-order valence-electron chi connectivity index (χ4n) is 7.29. The van der Waals surface area contributed by atoms with Crippen LogP contribution in [0.15, 0.2) is 44.8 Å². The molecular formula is C32H53OPSn. The molecule has 2 aliphatic rings. The van der Waals surface area contributed by atoms with Crippen LogP contribution < -0.4 is 0 Å². The van der Waals surface area contributed by atoms with Crippen molar-refractivity contribution in [3.63, 3.8) is 0 Å². The van der Waals surface area contributed by atoms with Crippen molar-refractivity contribution >= 4 is 30.8 Å². The van der Waals surface area contributed by atoms with E-state index in [1.807, 2.05) is 0 Å². The van der Waals surface area contributed by atoms with Crippen LogP contribution in [0.3, 0.4) is 0 Å². The minimum atomic E-state index is -2.86. The summed E-state index contributed by atoms with van der Waals surface area (Å²) in [5.41, 5.74) is 4.45. The Hall–Kier alpha value is -0.271. The van der Waals surface area contributed by atoms with Crippen LogP contribution in [0.4, 0.5) is 0 Å². The van der Waals surface area contributed by atoms with Gasteiger partial charge in [0.1, 0.15) is 0 Å². The van der Waals surface area contributed by atoms with E-state index in [4.69, 9.17) is 0 Å². The summed E-state index contributed by atoms with van der Waals surface area (Å²) < 4.78 is 21.7. The van der Waals surface area contributed by atoms with E-state index >= 15 is 4.57 Å². The molecule has 0 radical (unpaired) electrons. The van der Waals surface area contributed by atoms with Crippen molar-refractivity contribution in [2.45, 2.75) is 125 Å². The quantitative estimate of drug-likeness (QED) is 0.104. The Bertz CT molecular complexity index is 922. The van der Waals surface area contributed by atoms with Crippen molar-refractivity contribution in [1.29, 1.82) is 0 Å². The van der Waals surface area contributed by atoms with Gasteiger partial charge in [0.05, 0.1) is 0 Å². The van der Waals surface area contributed by atoms with Crippen molar-refractivity contribution in [1.82, 2.24) is 0 Å². The van der Waals surface area contributed by atoms with Gasteiger partial charge in [0.25, 0.3) is 0 Å². The summed E-state index contributed by atoms with van der Waals surface area (Å²) in [6, 6.07) is 10.9. The number of unbranched alkanes of at least 4 members (excludes halogenated alkanes) is 6. The van der Waals surface area contributed by atoms with Gasteiger partial charge in [-0.05, 0) is 0 Å². The van der Waals surface area contributed by atoms with Crippen molar-refractivity contribution in [3.8, 4) is 0 Å². The molecule has 2 atom stereocenters. The third-order valence-corrected chi connectivity index (χ3v) is 33.9. The van der Waals surface area contributed by atoms with E-state index in [1.54, 1.807) is 8.90 Å². The summed E-state index contributed by atoms with van der Waals surface area (Å²) in [6.45, 7) is 14.2. The predicted octanol–water partition coefficient (Wildman–Crippen LogP) is 11.4. The van der Waals surface area contributed by atoms with Gasteiger partial charge in [-0.1, -0.05) is 0 Å². The molecule has 1 nitrogen and oxygen atoms in total. The Morgan fingerprint density at radius 3 is 1.86 bits per heavy atom. The van der Waals surface area contributed by atoms with Gasteiger partial charge in [-0.25, -0.2) is 0 Å². The van der Waals surface area contributed by atoms with E-state index in [1.165, 1.54) is 100 Å². The summed E-state index contributed by atoms with van der Waals surface area (Å²) in [4.78, 5) is 0. The average Bonchev–Trinajstić information content (AvgIpc) is 3.22. The SMILES string of the molecule is CCCCCCC1=[C]([Sn]([CH2]CCC)([CH2]CCC)[CH2]CCC)P2(=O)CC1(C)C(C)=C2c1ccccc1. The Labute approximate surface area is 221 Å². The van der Waals surface area contributed by atoms with Gasteiger partial charge < -0.3 is 0 Å². The number of hydrogen-bond acceptors (Lipinski definition) is 1. The van der Waals surface area contributed by atoms with Crippen LogP contribution in [0.1, 0.15) is 118 Å². The third kappa shape index (κ3) is 5.77. The normalized spacial score (nSPS) is 24.2. The third-order valence-electron chi connectivity index (χ3n) is 9.25. The monoisotopic (exact) mass is 604 g/mol. The van der Waals surface area contributed by atoms with Gasteiger partial charge in [-0.15, -0.1) is 0 Å². The van der Waals surface area contributed by atoms with Crippen molar-refractivity contribution in [2.24, 2.45) is 5.41 Å². The molecule has 0 saturated heterocycles. The Kier molecular flexibility index (Phi) is 10.9. The molecule has 35 heavy (non-hydrogen) atoms. The Balaban J connectivity index is 2.22. The van der Waals surface area contributed by atoms with Crippen LogP contribution in [-0.2, 0) is 4.57 Å². The first-order valence-corrected chi connectivity index (χ1v) is 24.3. The maximum atomic E-state index is 15.7. The van der Waals surface area contributed by atoms with Crippen molar-refractivity contribution < 1.29 is 4.57 Å². The summed E-state index contributed by atoms with van der Waals surface area (Å²) in [7, 11) is -2.54. The molecule has 2 unspecified atom stereocenters. The molecule has 0 amide bonds. The first-order chi connectivity index (χ1) is 16.8. The number of fused-ring (bicyclic) bond motifs is 2. The molecule has 196 valence electrons. The van der Waals surface area contributed by atoms with Crippen molar-refractivity contribution in [2.75, 3.05) is 6.16 Å². The molecule has 1 aromatic rings. The van der Waals surface area contributed by atoms with Crippen LogP contribution in [0.2, 0.25) is 13.3 Å². The van der Waals surface area contributed by atoms with Crippen LogP contribution in [0.25, 0.3) is 5.31 Å². The fourth-order valence-corrected chi connectivity index (χ4v) is 38.5. The first-order valence-electron chi connectivity index (χ1n) is 15.0. The Morgan fingerprint density at radius 1 is 0.800 bits per heavy atom. The molecule has 2 aliphatic heterocycles. The summed E-state index contributed by atoms with van der Waals surface area (Å²) in [6.07, 6.45) is 15.2. The molecule has 0 aliphatic carbocycles. The van der Waals surface area contributed by atoms with Gasteiger partial charge in [0.2, 0.25) is 0 Å². The second-order valence-corrected chi connectivity index (χ2v) is 28.7. The predicted molar refractivity (Wildman–Crippen MR) is 160 cm³/mol.